The molecule has 1 N–H and O–H groups in total. The van der Waals surface area contributed by atoms with E-state index in [9.17, 15) is 4.79 Å². The second-order valence-corrected chi connectivity index (χ2v) is 5.21. The maximum Gasteiger partial charge on any atom is 0.272 e. The average molecular weight is 277 g/mol. The summed E-state index contributed by atoms with van der Waals surface area (Å²) >= 11 is 0. The van der Waals surface area contributed by atoms with E-state index < -0.39 is 0 Å². The van der Waals surface area contributed by atoms with Gasteiger partial charge in [-0.15, -0.1) is 0 Å². The molecule has 1 aliphatic rings. The highest BCUT2D eigenvalue weighted by molar-refractivity contribution is 5.93. The minimum Gasteiger partial charge on any atom is -0.383 e. The predicted octanol–water partition coefficient (Wildman–Crippen LogP) is 1.23. The van der Waals surface area contributed by atoms with Gasteiger partial charge in [0.1, 0.15) is 5.69 Å². The molecule has 0 radical (unpaired) electrons. The monoisotopic (exact) mass is 277 g/mol. The number of hydrogen-bond donors (Lipinski definition) is 1. The Morgan fingerprint density at radius 3 is 3.10 bits per heavy atom. The topological polar surface area (TPSA) is 54.5 Å². The Labute approximate surface area is 120 Å². The average Bonchev–Trinajstić information content (AvgIpc) is 2.96. The van der Waals surface area contributed by atoms with E-state index in [1.165, 1.54) is 6.42 Å². The van der Waals surface area contributed by atoms with Crippen molar-refractivity contribution in [3.63, 3.8) is 0 Å². The molecule has 1 saturated heterocycles. The first-order valence-electron chi connectivity index (χ1n) is 7.15. The SMILES string of the molecule is COCCN(CC1CCCN1)C(=O)c1ncccc1C. The van der Waals surface area contributed by atoms with Crippen LogP contribution >= 0.6 is 0 Å². The summed E-state index contributed by atoms with van der Waals surface area (Å²) in [5.74, 6) is -0.00569. The summed E-state index contributed by atoms with van der Waals surface area (Å²) in [6, 6.07) is 4.16. The zero-order chi connectivity index (χ0) is 14.4. The predicted molar refractivity (Wildman–Crippen MR) is 77.8 cm³/mol. The number of methoxy groups -OCH3 is 1. The summed E-state index contributed by atoms with van der Waals surface area (Å²) in [6.07, 6.45) is 3.97. The molecule has 5 heteroatoms. The van der Waals surface area contributed by atoms with Gasteiger partial charge in [0, 0.05) is 32.4 Å². The number of nitrogens with one attached hydrogen (secondary N) is 1. The number of hydrogen-bond acceptors (Lipinski definition) is 4. The molecule has 2 rings (SSSR count). The molecule has 110 valence electrons. The van der Waals surface area contributed by atoms with Gasteiger partial charge >= 0.3 is 0 Å². The lowest BCUT2D eigenvalue weighted by Crippen LogP contribution is -2.43. The molecular formula is C15H23N3O2. The standard InChI is InChI=1S/C15H23N3O2/c1-12-5-3-8-17-14(12)15(19)18(9-10-20-2)11-13-6-4-7-16-13/h3,5,8,13,16H,4,6-7,9-11H2,1-2H3. The van der Waals surface area contributed by atoms with E-state index in [0.29, 0.717) is 24.9 Å². The smallest absolute Gasteiger partial charge is 0.272 e. The van der Waals surface area contributed by atoms with Crippen LogP contribution in [0.15, 0.2) is 18.3 Å². The summed E-state index contributed by atoms with van der Waals surface area (Å²) in [4.78, 5) is 18.7. The number of pyridine rings is 1. The molecule has 1 atom stereocenters. The van der Waals surface area contributed by atoms with Crippen LogP contribution in [-0.2, 0) is 4.74 Å². The normalized spacial score (nSPS) is 18.2. The first kappa shape index (κ1) is 14.9. The fraction of sp³-hybridized carbons (Fsp3) is 0.600. The van der Waals surface area contributed by atoms with Crippen molar-refractivity contribution in [2.45, 2.75) is 25.8 Å². The van der Waals surface area contributed by atoms with Gasteiger partial charge < -0.3 is 15.0 Å². The van der Waals surface area contributed by atoms with Gasteiger partial charge in [-0.3, -0.25) is 9.78 Å². The maximum absolute atomic E-state index is 12.6. The number of carbonyl (C=O) groups excluding carboxylic acids is 1. The van der Waals surface area contributed by atoms with Crippen LogP contribution in [0.3, 0.4) is 0 Å². The van der Waals surface area contributed by atoms with Crippen molar-refractivity contribution < 1.29 is 9.53 Å². The van der Waals surface area contributed by atoms with E-state index >= 15 is 0 Å². The molecule has 0 aromatic carbocycles. The largest absolute Gasteiger partial charge is 0.383 e. The van der Waals surface area contributed by atoms with Crippen molar-refractivity contribution in [2.75, 3.05) is 33.4 Å². The third-order valence-electron chi connectivity index (χ3n) is 3.67. The van der Waals surface area contributed by atoms with Gasteiger partial charge in [0.05, 0.1) is 6.61 Å². The van der Waals surface area contributed by atoms with Crippen LogP contribution in [0.1, 0.15) is 28.9 Å². The van der Waals surface area contributed by atoms with Crippen molar-refractivity contribution >= 4 is 5.91 Å². The van der Waals surface area contributed by atoms with Crippen molar-refractivity contribution in [1.82, 2.24) is 15.2 Å². The number of amides is 1. The van der Waals surface area contributed by atoms with E-state index in [4.69, 9.17) is 4.74 Å². The first-order valence-corrected chi connectivity index (χ1v) is 7.15. The van der Waals surface area contributed by atoms with Crippen LogP contribution in [0.4, 0.5) is 0 Å². The molecular weight excluding hydrogens is 254 g/mol. The van der Waals surface area contributed by atoms with Crippen molar-refractivity contribution in [2.24, 2.45) is 0 Å². The van der Waals surface area contributed by atoms with Crippen LogP contribution < -0.4 is 5.32 Å². The highest BCUT2D eigenvalue weighted by Crippen LogP contribution is 2.11. The van der Waals surface area contributed by atoms with Crippen LogP contribution in [0.2, 0.25) is 0 Å². The lowest BCUT2D eigenvalue weighted by Gasteiger charge is -2.25. The third-order valence-corrected chi connectivity index (χ3v) is 3.67. The maximum atomic E-state index is 12.6. The van der Waals surface area contributed by atoms with Gasteiger partial charge in [-0.05, 0) is 37.9 Å². The van der Waals surface area contributed by atoms with Gasteiger partial charge in [-0.25, -0.2) is 0 Å². The Morgan fingerprint density at radius 2 is 2.45 bits per heavy atom. The zero-order valence-electron chi connectivity index (χ0n) is 12.3. The van der Waals surface area contributed by atoms with E-state index in [1.807, 2.05) is 24.0 Å². The Hall–Kier alpha value is -1.46. The second kappa shape index (κ2) is 7.36. The lowest BCUT2D eigenvalue weighted by molar-refractivity contribution is 0.0672. The Bertz CT molecular complexity index is 444. The Morgan fingerprint density at radius 1 is 1.60 bits per heavy atom. The van der Waals surface area contributed by atoms with E-state index in [2.05, 4.69) is 10.3 Å². The van der Waals surface area contributed by atoms with Crippen LogP contribution in [0.25, 0.3) is 0 Å². The second-order valence-electron chi connectivity index (χ2n) is 5.21. The quantitative estimate of drug-likeness (QED) is 0.850. The van der Waals surface area contributed by atoms with Gasteiger partial charge in [0.25, 0.3) is 5.91 Å². The Balaban J connectivity index is 2.08. The van der Waals surface area contributed by atoms with Crippen molar-refractivity contribution in [3.05, 3.63) is 29.6 Å². The summed E-state index contributed by atoms with van der Waals surface area (Å²) in [7, 11) is 1.66. The van der Waals surface area contributed by atoms with E-state index in [1.54, 1.807) is 13.3 Å². The number of ether oxygens (including phenoxy) is 1. The van der Waals surface area contributed by atoms with Crippen LogP contribution in [0.5, 0.6) is 0 Å². The van der Waals surface area contributed by atoms with Gasteiger partial charge in [0.2, 0.25) is 0 Å². The molecule has 2 heterocycles. The fourth-order valence-electron chi connectivity index (χ4n) is 2.52. The van der Waals surface area contributed by atoms with Crippen LogP contribution in [0, 0.1) is 6.92 Å². The summed E-state index contributed by atoms with van der Waals surface area (Å²) in [5.41, 5.74) is 1.46. The van der Waals surface area contributed by atoms with Gasteiger partial charge in [-0.2, -0.15) is 0 Å². The summed E-state index contributed by atoms with van der Waals surface area (Å²) < 4.78 is 5.12. The number of rotatable bonds is 6. The van der Waals surface area contributed by atoms with Crippen molar-refractivity contribution in [1.29, 1.82) is 0 Å². The van der Waals surface area contributed by atoms with Crippen LogP contribution in [-0.4, -0.2) is 55.2 Å². The Kier molecular flexibility index (Phi) is 5.49. The van der Waals surface area contributed by atoms with E-state index in [0.717, 1.165) is 25.1 Å². The zero-order valence-corrected chi connectivity index (χ0v) is 12.3. The molecule has 1 fully saturated rings. The molecule has 1 aromatic heterocycles. The van der Waals surface area contributed by atoms with E-state index in [-0.39, 0.29) is 5.91 Å². The number of nitrogens with zero attached hydrogens (tertiary/aromatic N) is 2. The minimum absolute atomic E-state index is 0.00569. The molecule has 1 aromatic rings. The fourth-order valence-corrected chi connectivity index (χ4v) is 2.52. The molecule has 5 nitrogen and oxygen atoms in total. The molecule has 0 bridgehead atoms. The van der Waals surface area contributed by atoms with Gasteiger partial charge in [0.15, 0.2) is 0 Å². The molecule has 1 aliphatic heterocycles. The molecule has 0 saturated carbocycles. The number of aryl methyl sites for hydroxylation is 1. The summed E-state index contributed by atoms with van der Waals surface area (Å²) in [5, 5.41) is 3.43. The minimum atomic E-state index is -0.00569. The molecule has 1 amide bonds. The van der Waals surface area contributed by atoms with Crippen molar-refractivity contribution in [3.8, 4) is 0 Å². The first-order chi connectivity index (χ1) is 9.72. The molecule has 0 spiro atoms. The number of aromatic nitrogens is 1. The molecule has 20 heavy (non-hydrogen) atoms. The lowest BCUT2D eigenvalue weighted by atomic mass is 10.1. The number of carbonyl (C=O) groups is 1. The highest BCUT2D eigenvalue weighted by atomic mass is 16.5. The summed E-state index contributed by atoms with van der Waals surface area (Å²) in [6.45, 7) is 4.83. The molecule has 1 unspecified atom stereocenters. The highest BCUT2D eigenvalue weighted by Gasteiger charge is 2.23. The van der Waals surface area contributed by atoms with Gasteiger partial charge in [-0.1, -0.05) is 6.07 Å². The third kappa shape index (κ3) is 3.77. The molecule has 0 aliphatic carbocycles.